The molecule has 2 aliphatic rings. The van der Waals surface area contributed by atoms with Gasteiger partial charge in [-0.15, -0.1) is 0 Å². The minimum atomic E-state index is -0.140. The third-order valence-corrected chi connectivity index (χ3v) is 5.64. The lowest BCUT2D eigenvalue weighted by molar-refractivity contribution is -0.151. The monoisotopic (exact) mass is 432 g/mol. The minimum Gasteiger partial charge on any atom is -0.462 e. The first-order chi connectivity index (χ1) is 14.6. The Bertz CT molecular complexity index is 667. The molecule has 2 rings (SSSR count). The highest BCUT2D eigenvalue weighted by atomic mass is 16.5. The van der Waals surface area contributed by atoms with E-state index in [1.807, 2.05) is 0 Å². The Hall–Kier alpha value is -2.24. The average Bonchev–Trinajstić information content (AvgIpc) is 2.61. The van der Waals surface area contributed by atoms with E-state index in [0.29, 0.717) is 32.1 Å². The minimum absolute atomic E-state index is 0.0722. The molecule has 2 fully saturated rings. The van der Waals surface area contributed by atoms with Crippen molar-refractivity contribution in [3.05, 3.63) is 36.8 Å². The molecular weight excluding hydrogens is 392 g/mol. The third kappa shape index (κ3) is 10.1. The summed E-state index contributed by atoms with van der Waals surface area (Å²) in [5, 5.41) is 6.42. The highest BCUT2D eigenvalue weighted by Crippen LogP contribution is 2.26. The van der Waals surface area contributed by atoms with Gasteiger partial charge in [0, 0.05) is 61.2 Å². The third-order valence-electron chi connectivity index (χ3n) is 5.64. The van der Waals surface area contributed by atoms with Crippen LogP contribution in [-0.2, 0) is 19.1 Å². The summed E-state index contributed by atoms with van der Waals surface area (Å²) in [5.41, 5.74) is 2.55. The van der Waals surface area contributed by atoms with Crippen LogP contribution in [0.5, 0.6) is 0 Å². The van der Waals surface area contributed by atoms with Gasteiger partial charge in [-0.05, 0) is 26.7 Å². The number of unbranched alkanes of at least 4 members (excludes halogenated alkanes) is 5. The van der Waals surface area contributed by atoms with E-state index in [1.165, 1.54) is 0 Å². The van der Waals surface area contributed by atoms with Gasteiger partial charge in [0.1, 0.15) is 12.2 Å². The van der Waals surface area contributed by atoms with Gasteiger partial charge in [0.15, 0.2) is 0 Å². The highest BCUT2D eigenvalue weighted by Gasteiger charge is 2.31. The molecule has 0 aromatic heterocycles. The van der Waals surface area contributed by atoms with Crippen molar-refractivity contribution in [1.29, 1.82) is 0 Å². The number of nitrogens with one attached hydrogen (secondary N) is 2. The van der Waals surface area contributed by atoms with E-state index in [1.54, 1.807) is 0 Å². The number of hydrogen-bond donors (Lipinski definition) is 2. The van der Waals surface area contributed by atoms with Crippen LogP contribution in [0, 0.1) is 0 Å². The molecule has 2 heterocycles. The molecule has 0 aromatic carbocycles. The molecule has 2 aliphatic heterocycles. The Kier molecular flexibility index (Phi) is 9.66. The lowest BCUT2D eigenvalue weighted by Crippen LogP contribution is -2.47. The number of piperidine rings is 2. The molecule has 0 saturated carbocycles. The fourth-order valence-electron chi connectivity index (χ4n) is 4.37. The largest absolute Gasteiger partial charge is 0.462 e. The average molecular weight is 433 g/mol. The quantitative estimate of drug-likeness (QED) is 0.353. The van der Waals surface area contributed by atoms with Crippen LogP contribution in [0.15, 0.2) is 36.8 Å². The topological polar surface area (TPSA) is 76.7 Å². The predicted molar refractivity (Wildman–Crippen MR) is 123 cm³/mol. The van der Waals surface area contributed by atoms with Crippen LogP contribution in [0.4, 0.5) is 0 Å². The number of hydrogen-bond acceptors (Lipinski definition) is 6. The second-order valence-electron chi connectivity index (χ2n) is 9.61. The van der Waals surface area contributed by atoms with E-state index in [2.05, 4.69) is 44.2 Å². The Morgan fingerprint density at radius 3 is 1.77 bits per heavy atom. The van der Waals surface area contributed by atoms with Crippen molar-refractivity contribution in [2.75, 3.05) is 0 Å². The summed E-state index contributed by atoms with van der Waals surface area (Å²) in [6.07, 6.45) is 9.32. The molecule has 0 aliphatic carbocycles. The van der Waals surface area contributed by atoms with E-state index in [9.17, 15) is 9.59 Å². The van der Waals surface area contributed by atoms with Gasteiger partial charge in [0.25, 0.3) is 0 Å². The SMILES string of the molecule is C=C1CC(OC(=O)CCCCCCCCC(=O)OC2CC(=C)NC(C)(C)C2)CC(=C)N1. The lowest BCUT2D eigenvalue weighted by atomic mass is 9.89. The van der Waals surface area contributed by atoms with Crippen LogP contribution < -0.4 is 10.6 Å². The Labute approximate surface area is 187 Å². The van der Waals surface area contributed by atoms with Gasteiger partial charge in [-0.1, -0.05) is 45.4 Å². The van der Waals surface area contributed by atoms with E-state index in [0.717, 1.165) is 62.0 Å². The molecule has 6 heteroatoms. The second-order valence-corrected chi connectivity index (χ2v) is 9.61. The number of esters is 2. The summed E-state index contributed by atoms with van der Waals surface area (Å²) in [6, 6.07) is 0. The van der Waals surface area contributed by atoms with E-state index < -0.39 is 0 Å². The molecule has 0 bridgehead atoms. The van der Waals surface area contributed by atoms with Crippen LogP contribution in [0.2, 0.25) is 0 Å². The Balaban J connectivity index is 1.46. The van der Waals surface area contributed by atoms with Crippen molar-refractivity contribution in [2.24, 2.45) is 0 Å². The predicted octanol–water partition coefficient (Wildman–Crippen LogP) is 5.02. The van der Waals surface area contributed by atoms with Gasteiger partial charge >= 0.3 is 11.9 Å². The molecule has 1 atom stereocenters. The number of carbonyl (C=O) groups excluding carboxylic acids is 2. The zero-order valence-electron chi connectivity index (χ0n) is 19.4. The molecule has 0 spiro atoms. The van der Waals surface area contributed by atoms with E-state index >= 15 is 0 Å². The maximum absolute atomic E-state index is 12.1. The van der Waals surface area contributed by atoms with Crippen molar-refractivity contribution < 1.29 is 19.1 Å². The first kappa shape index (κ1) is 25.0. The van der Waals surface area contributed by atoms with Gasteiger partial charge in [-0.25, -0.2) is 0 Å². The first-order valence-corrected chi connectivity index (χ1v) is 11.6. The first-order valence-electron chi connectivity index (χ1n) is 11.6. The number of rotatable bonds is 11. The van der Waals surface area contributed by atoms with Crippen LogP contribution >= 0.6 is 0 Å². The standard InChI is InChI=1S/C25H40N2O4/c1-18-14-21(15-19(2)26-18)30-23(28)12-10-8-6-7-9-11-13-24(29)31-22-16-20(3)27-25(4,5)17-22/h21-22,26-27H,1-3,6-17H2,4-5H3. The summed E-state index contributed by atoms with van der Waals surface area (Å²) in [6.45, 7) is 15.9. The molecular formula is C25H40N2O4. The smallest absolute Gasteiger partial charge is 0.306 e. The molecule has 0 aromatic rings. The zero-order chi connectivity index (χ0) is 22.9. The zero-order valence-corrected chi connectivity index (χ0v) is 19.4. The van der Waals surface area contributed by atoms with E-state index in [-0.39, 0.29) is 29.7 Å². The summed E-state index contributed by atoms with van der Waals surface area (Å²) in [4.78, 5) is 24.1. The van der Waals surface area contributed by atoms with Crippen molar-refractivity contribution in [3.63, 3.8) is 0 Å². The van der Waals surface area contributed by atoms with Crippen LogP contribution in [0.3, 0.4) is 0 Å². The Morgan fingerprint density at radius 1 is 0.806 bits per heavy atom. The molecule has 174 valence electrons. The van der Waals surface area contributed by atoms with Gasteiger partial charge in [0.05, 0.1) is 0 Å². The fourth-order valence-corrected chi connectivity index (χ4v) is 4.37. The summed E-state index contributed by atoms with van der Waals surface area (Å²) in [7, 11) is 0. The number of carbonyl (C=O) groups is 2. The maximum atomic E-state index is 12.1. The summed E-state index contributed by atoms with van der Waals surface area (Å²) >= 11 is 0. The van der Waals surface area contributed by atoms with Gasteiger partial charge in [-0.2, -0.15) is 0 Å². The molecule has 31 heavy (non-hydrogen) atoms. The van der Waals surface area contributed by atoms with Gasteiger partial charge in [-0.3, -0.25) is 9.59 Å². The molecule has 1 unspecified atom stereocenters. The molecule has 2 saturated heterocycles. The van der Waals surface area contributed by atoms with Gasteiger partial charge in [0.2, 0.25) is 0 Å². The summed E-state index contributed by atoms with van der Waals surface area (Å²) in [5.74, 6) is -0.250. The van der Waals surface area contributed by atoms with Crippen molar-refractivity contribution >= 4 is 11.9 Å². The van der Waals surface area contributed by atoms with E-state index in [4.69, 9.17) is 9.47 Å². The summed E-state index contributed by atoms with van der Waals surface area (Å²) < 4.78 is 11.2. The second kappa shape index (κ2) is 12.0. The van der Waals surface area contributed by atoms with Crippen LogP contribution in [0.25, 0.3) is 0 Å². The van der Waals surface area contributed by atoms with Crippen molar-refractivity contribution in [2.45, 2.75) is 109 Å². The van der Waals surface area contributed by atoms with Gasteiger partial charge < -0.3 is 20.1 Å². The Morgan fingerprint density at radius 2 is 1.26 bits per heavy atom. The van der Waals surface area contributed by atoms with Crippen LogP contribution in [0.1, 0.15) is 90.9 Å². The number of ether oxygens (including phenoxy) is 2. The lowest BCUT2D eigenvalue weighted by Gasteiger charge is -2.38. The molecule has 6 nitrogen and oxygen atoms in total. The van der Waals surface area contributed by atoms with Crippen molar-refractivity contribution in [3.8, 4) is 0 Å². The molecule has 2 N–H and O–H groups in total. The van der Waals surface area contributed by atoms with Crippen molar-refractivity contribution in [1.82, 2.24) is 10.6 Å². The normalized spacial score (nSPS) is 21.2. The maximum Gasteiger partial charge on any atom is 0.306 e. The highest BCUT2D eigenvalue weighted by molar-refractivity contribution is 5.70. The molecule has 0 radical (unpaired) electrons. The fraction of sp³-hybridized carbons (Fsp3) is 0.680. The van der Waals surface area contributed by atoms with Crippen LogP contribution in [-0.4, -0.2) is 29.7 Å². The molecule has 0 amide bonds.